The van der Waals surface area contributed by atoms with Gasteiger partial charge in [-0.3, -0.25) is 10.1 Å². The number of carboxylic acid groups (broad SMARTS) is 1. The van der Waals surface area contributed by atoms with Crippen molar-refractivity contribution in [2.75, 3.05) is 0 Å². The Labute approximate surface area is 119 Å². The number of aromatic nitrogens is 2. The lowest BCUT2D eigenvalue weighted by Gasteiger charge is -2.07. The van der Waals surface area contributed by atoms with E-state index in [-0.39, 0.29) is 6.73 Å². The fourth-order valence-corrected chi connectivity index (χ4v) is 1.92. The van der Waals surface area contributed by atoms with Gasteiger partial charge in [0.25, 0.3) is 0 Å². The van der Waals surface area contributed by atoms with Gasteiger partial charge in [0.15, 0.2) is 6.73 Å². The van der Waals surface area contributed by atoms with Crippen molar-refractivity contribution in [2.45, 2.75) is 20.6 Å². The van der Waals surface area contributed by atoms with Crippen molar-refractivity contribution in [1.82, 2.24) is 9.78 Å². The lowest BCUT2D eigenvalue weighted by Crippen LogP contribution is -2.08. The maximum absolute atomic E-state index is 10.9. The molecule has 1 N–H and O–H groups in total. The number of aryl methyl sites for hydroxylation is 2. The van der Waals surface area contributed by atoms with Gasteiger partial charge in [0.1, 0.15) is 11.9 Å². The van der Waals surface area contributed by atoms with Crippen molar-refractivity contribution in [3.05, 3.63) is 51.3 Å². The molecule has 0 saturated carbocycles. The molecule has 2 aromatic rings. The second-order valence-electron chi connectivity index (χ2n) is 4.56. The van der Waals surface area contributed by atoms with Crippen LogP contribution in [0.3, 0.4) is 0 Å². The van der Waals surface area contributed by atoms with Crippen LogP contribution < -0.4 is 4.74 Å². The minimum Gasteiger partial charge on any atom is -0.476 e. The molecule has 21 heavy (non-hydrogen) atoms. The Balaban J connectivity index is 2.18. The minimum absolute atomic E-state index is 0.114. The Morgan fingerprint density at radius 1 is 1.38 bits per heavy atom. The number of nitrogens with zero attached hydrogens (tertiary/aromatic N) is 3. The summed E-state index contributed by atoms with van der Waals surface area (Å²) in [5.41, 5.74) is 0.862. The molecule has 0 aliphatic heterocycles. The smallest absolute Gasteiger partial charge is 0.363 e. The van der Waals surface area contributed by atoms with Gasteiger partial charge in [0.2, 0.25) is 5.69 Å². The van der Waals surface area contributed by atoms with Crippen molar-refractivity contribution in [3.63, 3.8) is 0 Å². The molecule has 0 amide bonds. The van der Waals surface area contributed by atoms with Gasteiger partial charge in [-0.25, -0.2) is 9.48 Å². The highest BCUT2D eigenvalue weighted by Gasteiger charge is 2.25. The van der Waals surface area contributed by atoms with Gasteiger partial charge in [0.05, 0.1) is 4.92 Å². The van der Waals surface area contributed by atoms with Gasteiger partial charge in [-0.2, -0.15) is 5.10 Å². The second kappa shape index (κ2) is 5.61. The molecule has 0 atom stereocenters. The largest absolute Gasteiger partial charge is 0.476 e. The molecule has 0 radical (unpaired) electrons. The summed E-state index contributed by atoms with van der Waals surface area (Å²) in [6.07, 6.45) is 1.03. The van der Waals surface area contributed by atoms with Crippen LogP contribution >= 0.6 is 0 Å². The molecular weight excluding hydrogens is 278 g/mol. The third kappa shape index (κ3) is 3.35. The number of aromatic carboxylic acids is 1. The van der Waals surface area contributed by atoms with Gasteiger partial charge in [-0.05, 0) is 37.1 Å². The first kappa shape index (κ1) is 14.5. The third-order valence-corrected chi connectivity index (χ3v) is 2.70. The molecule has 0 saturated heterocycles. The van der Waals surface area contributed by atoms with Crippen LogP contribution in [0.4, 0.5) is 5.69 Å². The summed E-state index contributed by atoms with van der Waals surface area (Å²) in [6.45, 7) is 3.72. The molecule has 8 nitrogen and oxygen atoms in total. The molecule has 110 valence electrons. The predicted molar refractivity (Wildman–Crippen MR) is 72.4 cm³/mol. The van der Waals surface area contributed by atoms with Crippen molar-refractivity contribution >= 4 is 11.7 Å². The molecule has 2 rings (SSSR count). The average molecular weight is 291 g/mol. The van der Waals surface area contributed by atoms with Gasteiger partial charge in [0, 0.05) is 0 Å². The number of carboxylic acids is 1. The molecular formula is C13H13N3O5. The van der Waals surface area contributed by atoms with Crippen molar-refractivity contribution in [3.8, 4) is 5.75 Å². The lowest BCUT2D eigenvalue weighted by atomic mass is 10.1. The molecule has 8 heteroatoms. The summed E-state index contributed by atoms with van der Waals surface area (Å²) in [7, 11) is 0. The van der Waals surface area contributed by atoms with Gasteiger partial charge in [-0.15, -0.1) is 0 Å². The monoisotopic (exact) mass is 291 g/mol. The van der Waals surface area contributed by atoms with E-state index in [4.69, 9.17) is 9.84 Å². The van der Waals surface area contributed by atoms with E-state index in [9.17, 15) is 14.9 Å². The van der Waals surface area contributed by atoms with E-state index < -0.39 is 22.3 Å². The first-order chi connectivity index (χ1) is 9.86. The molecule has 0 unspecified atom stereocenters. The zero-order valence-electron chi connectivity index (χ0n) is 11.4. The Morgan fingerprint density at radius 3 is 2.48 bits per heavy atom. The molecule has 1 aromatic heterocycles. The quantitative estimate of drug-likeness (QED) is 0.668. The highest BCUT2D eigenvalue weighted by molar-refractivity contribution is 5.89. The molecule has 0 aliphatic rings. The van der Waals surface area contributed by atoms with Crippen LogP contribution in [0.1, 0.15) is 21.6 Å². The highest BCUT2D eigenvalue weighted by Crippen LogP contribution is 2.19. The zero-order valence-corrected chi connectivity index (χ0v) is 11.4. The number of benzene rings is 1. The van der Waals surface area contributed by atoms with Crippen molar-refractivity contribution in [2.24, 2.45) is 0 Å². The van der Waals surface area contributed by atoms with Crippen LogP contribution in [-0.4, -0.2) is 25.8 Å². The van der Waals surface area contributed by atoms with E-state index in [0.717, 1.165) is 22.0 Å². The highest BCUT2D eigenvalue weighted by atomic mass is 16.6. The number of rotatable bonds is 5. The SMILES string of the molecule is Cc1cc(C)cc(OCn2cc([N+](=O)[O-])c(C(=O)O)n2)c1. The van der Waals surface area contributed by atoms with E-state index in [0.29, 0.717) is 5.75 Å². The molecule has 0 fully saturated rings. The first-order valence-corrected chi connectivity index (χ1v) is 6.03. The van der Waals surface area contributed by atoms with E-state index >= 15 is 0 Å². The lowest BCUT2D eigenvalue weighted by molar-refractivity contribution is -0.385. The molecule has 1 aromatic carbocycles. The van der Waals surface area contributed by atoms with Crippen molar-refractivity contribution in [1.29, 1.82) is 0 Å². The van der Waals surface area contributed by atoms with Crippen molar-refractivity contribution < 1.29 is 19.6 Å². The second-order valence-corrected chi connectivity index (χ2v) is 4.56. The molecule has 1 heterocycles. The van der Waals surface area contributed by atoms with Gasteiger partial charge >= 0.3 is 11.7 Å². The number of hydrogen-bond acceptors (Lipinski definition) is 5. The Kier molecular flexibility index (Phi) is 3.88. The summed E-state index contributed by atoms with van der Waals surface area (Å²) in [6, 6.07) is 5.60. The molecule has 0 aliphatic carbocycles. The normalized spacial score (nSPS) is 10.4. The Hall–Kier alpha value is -2.90. The minimum atomic E-state index is -1.45. The number of nitro groups is 1. The number of carbonyl (C=O) groups is 1. The molecule has 0 bridgehead atoms. The summed E-state index contributed by atoms with van der Waals surface area (Å²) in [4.78, 5) is 20.8. The fourth-order valence-electron chi connectivity index (χ4n) is 1.92. The summed E-state index contributed by atoms with van der Waals surface area (Å²) in [5.74, 6) is -0.866. The standard InChI is InChI=1S/C13H13N3O5/c1-8-3-9(2)5-10(4-8)21-7-15-6-11(16(19)20)12(14-15)13(17)18/h3-6H,7H2,1-2H3,(H,17,18). The Bertz CT molecular complexity index is 656. The van der Waals surface area contributed by atoms with Crippen LogP contribution in [-0.2, 0) is 6.73 Å². The summed E-state index contributed by atoms with van der Waals surface area (Å²) < 4.78 is 6.55. The van der Waals surface area contributed by atoms with E-state index in [1.54, 1.807) is 0 Å². The number of ether oxygens (including phenoxy) is 1. The molecule has 0 spiro atoms. The van der Waals surface area contributed by atoms with Gasteiger partial charge < -0.3 is 9.84 Å². The van der Waals surface area contributed by atoms with Crippen LogP contribution in [0.25, 0.3) is 0 Å². The number of hydrogen-bond donors (Lipinski definition) is 1. The van der Waals surface area contributed by atoms with Crippen LogP contribution in [0.15, 0.2) is 24.4 Å². The van der Waals surface area contributed by atoms with E-state index in [2.05, 4.69) is 5.10 Å². The zero-order chi connectivity index (χ0) is 15.6. The Morgan fingerprint density at radius 2 is 2.00 bits per heavy atom. The summed E-state index contributed by atoms with van der Waals surface area (Å²) in [5, 5.41) is 23.3. The fraction of sp³-hybridized carbons (Fsp3) is 0.231. The third-order valence-electron chi connectivity index (χ3n) is 2.70. The van der Waals surface area contributed by atoms with E-state index in [1.165, 1.54) is 0 Å². The van der Waals surface area contributed by atoms with Crippen LogP contribution in [0, 0.1) is 24.0 Å². The van der Waals surface area contributed by atoms with Crippen LogP contribution in [0.2, 0.25) is 0 Å². The predicted octanol–water partition coefficient (Wildman–Crippen LogP) is 2.14. The maximum atomic E-state index is 10.9. The topological polar surface area (TPSA) is 107 Å². The average Bonchev–Trinajstić information content (AvgIpc) is 2.79. The van der Waals surface area contributed by atoms with Gasteiger partial charge in [-0.1, -0.05) is 6.07 Å². The maximum Gasteiger partial charge on any atom is 0.363 e. The van der Waals surface area contributed by atoms with E-state index in [1.807, 2.05) is 32.0 Å². The first-order valence-electron chi connectivity index (χ1n) is 6.03. The summed E-state index contributed by atoms with van der Waals surface area (Å²) >= 11 is 0. The van der Waals surface area contributed by atoms with Crippen LogP contribution in [0.5, 0.6) is 5.75 Å².